The third kappa shape index (κ3) is 5.05. The second-order valence-electron chi connectivity index (χ2n) is 12.7. The fourth-order valence-corrected chi connectivity index (χ4v) is 9.46. The molecule has 0 saturated heterocycles. The van der Waals surface area contributed by atoms with Crippen molar-refractivity contribution in [3.05, 3.63) is 0 Å². The molecule has 4 fully saturated rings. The van der Waals surface area contributed by atoms with E-state index in [0.717, 1.165) is 38.5 Å². The van der Waals surface area contributed by atoms with Gasteiger partial charge in [0, 0.05) is 13.0 Å². The van der Waals surface area contributed by atoms with Gasteiger partial charge in [0.25, 0.3) is 10.1 Å². The van der Waals surface area contributed by atoms with Gasteiger partial charge in [-0.25, -0.2) is 0 Å². The van der Waals surface area contributed by atoms with Crippen molar-refractivity contribution < 1.29 is 33.1 Å². The van der Waals surface area contributed by atoms with Crippen molar-refractivity contribution in [2.24, 2.45) is 46.3 Å². The van der Waals surface area contributed by atoms with E-state index < -0.39 is 28.1 Å². The maximum Gasteiger partial charge on any atom is 0.266 e. The zero-order chi connectivity index (χ0) is 25.8. The van der Waals surface area contributed by atoms with Crippen molar-refractivity contribution in [3.8, 4) is 0 Å². The SMILES string of the molecule is C[C@H](CCC(=O)NCCS(=O)(=O)O)[C@H]1CC[C@H]2[C@@H]3C(O)CC4CC(O)CC[C@]4(C)[C@H]3CC(O)[C@]12C. The van der Waals surface area contributed by atoms with E-state index in [2.05, 4.69) is 26.1 Å². The van der Waals surface area contributed by atoms with E-state index in [4.69, 9.17) is 4.55 Å². The van der Waals surface area contributed by atoms with Gasteiger partial charge in [0.05, 0.1) is 24.1 Å². The van der Waals surface area contributed by atoms with Crippen molar-refractivity contribution >= 4 is 16.0 Å². The van der Waals surface area contributed by atoms with E-state index in [0.29, 0.717) is 18.8 Å². The first kappa shape index (κ1) is 27.3. The minimum atomic E-state index is -4.10. The van der Waals surface area contributed by atoms with Gasteiger partial charge in [0.1, 0.15) is 0 Å². The lowest BCUT2D eigenvalue weighted by Gasteiger charge is -2.63. The van der Waals surface area contributed by atoms with Crippen molar-refractivity contribution in [3.63, 3.8) is 0 Å². The van der Waals surface area contributed by atoms with Gasteiger partial charge < -0.3 is 20.6 Å². The van der Waals surface area contributed by atoms with Crippen molar-refractivity contribution in [2.45, 2.75) is 96.9 Å². The normalized spacial score (nSPS) is 46.3. The zero-order valence-electron chi connectivity index (χ0n) is 21.4. The lowest BCUT2D eigenvalue weighted by molar-refractivity contribution is -0.207. The Morgan fingerprint density at radius 1 is 1.06 bits per heavy atom. The molecule has 202 valence electrons. The average Bonchev–Trinajstić information content (AvgIpc) is 3.12. The summed E-state index contributed by atoms with van der Waals surface area (Å²) in [7, 11) is -4.10. The third-order valence-corrected chi connectivity index (χ3v) is 11.7. The molecule has 1 amide bonds. The molecule has 8 nitrogen and oxygen atoms in total. The molecule has 0 heterocycles. The Hall–Kier alpha value is -0.740. The molecule has 0 aromatic heterocycles. The first-order chi connectivity index (χ1) is 16.3. The van der Waals surface area contributed by atoms with Crippen LogP contribution in [0.4, 0.5) is 0 Å². The van der Waals surface area contributed by atoms with Crippen LogP contribution in [0.3, 0.4) is 0 Å². The van der Waals surface area contributed by atoms with Gasteiger partial charge in [-0.1, -0.05) is 20.8 Å². The summed E-state index contributed by atoms with van der Waals surface area (Å²) in [6.07, 6.45) is 5.67. The zero-order valence-corrected chi connectivity index (χ0v) is 22.2. The monoisotopic (exact) mass is 515 g/mol. The summed E-state index contributed by atoms with van der Waals surface area (Å²) in [5.74, 6) is 0.705. The standard InChI is InChI=1S/C26H45NO7S/c1-15(4-7-23(31)27-10-11-35(32,33)34)18-5-6-19-24-20(14-22(30)26(18,19)3)25(2)9-8-17(28)12-16(25)13-21(24)29/h15-22,24,28-30H,4-14H2,1-3H3,(H,27,31)(H,32,33,34)/t15-,16?,17?,18-,19+,20+,21?,22?,24+,25+,26-/m1/s1. The molecule has 35 heavy (non-hydrogen) atoms. The Morgan fingerprint density at radius 2 is 1.77 bits per heavy atom. The summed E-state index contributed by atoms with van der Waals surface area (Å²) in [5.41, 5.74) is -0.254. The van der Waals surface area contributed by atoms with Crippen LogP contribution < -0.4 is 5.32 Å². The molecule has 0 aromatic carbocycles. The highest BCUT2D eigenvalue weighted by molar-refractivity contribution is 7.85. The van der Waals surface area contributed by atoms with E-state index in [1.807, 2.05) is 0 Å². The smallest absolute Gasteiger partial charge is 0.266 e. The highest BCUT2D eigenvalue weighted by Gasteiger charge is 2.65. The first-order valence-corrected chi connectivity index (χ1v) is 15.1. The molecule has 0 aliphatic heterocycles. The van der Waals surface area contributed by atoms with E-state index in [-0.39, 0.29) is 65.4 Å². The predicted octanol–water partition coefficient (Wildman–Crippen LogP) is 2.37. The van der Waals surface area contributed by atoms with Crippen LogP contribution in [0.2, 0.25) is 0 Å². The Balaban J connectivity index is 1.43. The highest BCUT2D eigenvalue weighted by atomic mass is 32.2. The molecular weight excluding hydrogens is 470 g/mol. The number of rotatable bonds is 7. The number of aliphatic hydroxyl groups is 3. The number of carbonyl (C=O) groups is 1. The molecular formula is C26H45NO7S. The molecule has 5 N–H and O–H groups in total. The van der Waals surface area contributed by atoms with Gasteiger partial charge in [-0.05, 0) is 97.7 Å². The third-order valence-electron chi connectivity index (χ3n) is 11.0. The number of hydrogen-bond acceptors (Lipinski definition) is 6. The van der Waals surface area contributed by atoms with Crippen molar-refractivity contribution in [1.82, 2.24) is 5.32 Å². The molecule has 0 spiro atoms. The van der Waals surface area contributed by atoms with Gasteiger partial charge in [0.15, 0.2) is 0 Å². The van der Waals surface area contributed by atoms with E-state index in [1.165, 1.54) is 0 Å². The quantitative estimate of drug-likeness (QED) is 0.327. The molecule has 4 aliphatic rings. The van der Waals surface area contributed by atoms with Crippen LogP contribution in [0.15, 0.2) is 0 Å². The lowest BCUT2D eigenvalue weighted by Crippen LogP contribution is -2.62. The fourth-order valence-electron chi connectivity index (χ4n) is 9.10. The number of amides is 1. The second kappa shape index (κ2) is 9.86. The molecule has 9 heteroatoms. The summed E-state index contributed by atoms with van der Waals surface area (Å²) < 4.78 is 30.5. The van der Waals surface area contributed by atoms with Gasteiger partial charge in [0.2, 0.25) is 5.91 Å². The minimum Gasteiger partial charge on any atom is -0.393 e. The van der Waals surface area contributed by atoms with E-state index in [9.17, 15) is 28.5 Å². The number of hydrogen-bond donors (Lipinski definition) is 5. The number of fused-ring (bicyclic) bond motifs is 5. The lowest BCUT2D eigenvalue weighted by atomic mass is 9.43. The molecule has 0 aromatic rings. The second-order valence-corrected chi connectivity index (χ2v) is 14.2. The molecule has 4 aliphatic carbocycles. The van der Waals surface area contributed by atoms with Gasteiger partial charge >= 0.3 is 0 Å². The van der Waals surface area contributed by atoms with Crippen LogP contribution >= 0.6 is 0 Å². The summed E-state index contributed by atoms with van der Waals surface area (Å²) >= 11 is 0. The van der Waals surface area contributed by atoms with Crippen LogP contribution in [0.5, 0.6) is 0 Å². The Morgan fingerprint density at radius 3 is 2.46 bits per heavy atom. The Labute approximate surface area is 210 Å². The minimum absolute atomic E-state index is 0.0509. The van der Waals surface area contributed by atoms with E-state index >= 15 is 0 Å². The summed E-state index contributed by atoms with van der Waals surface area (Å²) in [5, 5.41) is 35.8. The maximum atomic E-state index is 12.2. The molecule has 4 rings (SSSR count). The maximum absolute atomic E-state index is 12.2. The van der Waals surface area contributed by atoms with Gasteiger partial charge in [-0.3, -0.25) is 9.35 Å². The highest BCUT2D eigenvalue weighted by Crippen LogP contribution is 2.68. The number of nitrogens with one attached hydrogen (secondary N) is 1. The molecule has 11 atom stereocenters. The van der Waals surface area contributed by atoms with Crippen LogP contribution in [0, 0.1) is 46.3 Å². The van der Waals surface area contributed by atoms with Crippen molar-refractivity contribution in [2.75, 3.05) is 12.3 Å². The predicted molar refractivity (Wildman–Crippen MR) is 132 cm³/mol. The average molecular weight is 516 g/mol. The first-order valence-electron chi connectivity index (χ1n) is 13.5. The van der Waals surface area contributed by atoms with E-state index in [1.54, 1.807) is 0 Å². The Kier molecular flexibility index (Phi) is 7.69. The summed E-state index contributed by atoms with van der Waals surface area (Å²) in [6, 6.07) is 0. The Bertz CT molecular complexity index is 896. The largest absolute Gasteiger partial charge is 0.393 e. The summed E-state index contributed by atoms with van der Waals surface area (Å²) in [4.78, 5) is 12.2. The number of carbonyl (C=O) groups excluding carboxylic acids is 1. The topological polar surface area (TPSA) is 144 Å². The molecule has 0 radical (unpaired) electrons. The van der Waals surface area contributed by atoms with Crippen LogP contribution in [0.25, 0.3) is 0 Å². The molecule has 4 unspecified atom stereocenters. The van der Waals surface area contributed by atoms with Gasteiger partial charge in [-0.2, -0.15) is 8.42 Å². The summed E-state index contributed by atoms with van der Waals surface area (Å²) in [6.45, 7) is 6.56. The van der Waals surface area contributed by atoms with Gasteiger partial charge in [-0.15, -0.1) is 0 Å². The van der Waals surface area contributed by atoms with Crippen LogP contribution in [0.1, 0.15) is 78.6 Å². The molecule has 4 saturated carbocycles. The van der Waals surface area contributed by atoms with Crippen molar-refractivity contribution in [1.29, 1.82) is 0 Å². The fraction of sp³-hybridized carbons (Fsp3) is 0.962. The van der Waals surface area contributed by atoms with Crippen LogP contribution in [-0.2, 0) is 14.9 Å². The molecule has 0 bridgehead atoms. The number of aliphatic hydroxyl groups excluding tert-OH is 3. The van der Waals surface area contributed by atoms with Crippen LogP contribution in [-0.4, -0.2) is 64.8 Å².